The summed E-state index contributed by atoms with van der Waals surface area (Å²) < 4.78 is 11.8. The molecule has 0 bridgehead atoms. The minimum absolute atomic E-state index is 0.164. The van der Waals surface area contributed by atoms with Gasteiger partial charge in [-0.1, -0.05) is 18.2 Å². The van der Waals surface area contributed by atoms with Crippen molar-refractivity contribution in [1.29, 1.82) is 0 Å². The van der Waals surface area contributed by atoms with Crippen LogP contribution in [-0.4, -0.2) is 65.6 Å². The van der Waals surface area contributed by atoms with Gasteiger partial charge >= 0.3 is 0 Å². The molecular formula is C28H42N2O4. The van der Waals surface area contributed by atoms with Gasteiger partial charge in [0.05, 0.1) is 12.2 Å². The summed E-state index contributed by atoms with van der Waals surface area (Å²) in [6.07, 6.45) is 8.50. The Balaban J connectivity index is 1.20. The van der Waals surface area contributed by atoms with E-state index < -0.39 is 6.41 Å². The number of piperidine rings is 1. The molecule has 1 aromatic carbocycles. The molecule has 188 valence electrons. The molecule has 0 saturated carbocycles. The molecule has 1 aromatic rings. The number of carbonyl (C=O) groups excluding carboxylic acids is 1. The molecule has 1 unspecified atom stereocenters. The molecule has 34 heavy (non-hydrogen) atoms. The smallest absolute Gasteiger partial charge is 0.226 e. The summed E-state index contributed by atoms with van der Waals surface area (Å²) in [4.78, 5) is 16.7. The van der Waals surface area contributed by atoms with Crippen molar-refractivity contribution >= 4 is 11.5 Å². The van der Waals surface area contributed by atoms with Gasteiger partial charge in [-0.15, -0.1) is 0 Å². The van der Waals surface area contributed by atoms with Crippen LogP contribution in [-0.2, 0) is 9.53 Å². The number of allylic oxidation sites excluding steroid dienone is 2. The molecule has 2 atom stereocenters. The highest BCUT2D eigenvalue weighted by atomic mass is 16.6. The van der Waals surface area contributed by atoms with Crippen LogP contribution < -0.4 is 4.74 Å². The molecule has 1 aliphatic carbocycles. The van der Waals surface area contributed by atoms with E-state index in [0.29, 0.717) is 18.4 Å². The first-order valence-corrected chi connectivity index (χ1v) is 13.1. The summed E-state index contributed by atoms with van der Waals surface area (Å²) in [6, 6.07) is 8.42. The maximum absolute atomic E-state index is 12.7. The van der Waals surface area contributed by atoms with Crippen molar-refractivity contribution in [3.63, 3.8) is 0 Å². The molecule has 3 aliphatic rings. The van der Waals surface area contributed by atoms with Crippen molar-refractivity contribution in [2.24, 2.45) is 11.8 Å². The first kappa shape index (κ1) is 25.2. The van der Waals surface area contributed by atoms with Crippen molar-refractivity contribution in [2.45, 2.75) is 77.7 Å². The van der Waals surface area contributed by atoms with Gasteiger partial charge in [-0.2, -0.15) is 0 Å². The molecule has 2 heterocycles. The van der Waals surface area contributed by atoms with E-state index in [-0.39, 0.29) is 11.5 Å². The number of rotatable bonds is 7. The van der Waals surface area contributed by atoms with Gasteiger partial charge in [0, 0.05) is 32.1 Å². The van der Waals surface area contributed by atoms with Crippen molar-refractivity contribution in [1.82, 2.24) is 9.80 Å². The highest BCUT2D eigenvalue weighted by Gasteiger charge is 2.29. The number of hydrogen-bond donors (Lipinski definition) is 1. The average Bonchev–Trinajstić information content (AvgIpc) is 3.37. The number of aliphatic hydroxyl groups is 1. The molecule has 1 amide bonds. The lowest BCUT2D eigenvalue weighted by Gasteiger charge is -2.37. The number of carbonyl (C=O) groups is 1. The summed E-state index contributed by atoms with van der Waals surface area (Å²) in [7, 11) is 0. The van der Waals surface area contributed by atoms with Crippen molar-refractivity contribution in [2.75, 3.05) is 32.8 Å². The normalized spacial score (nSPS) is 23.6. The Labute approximate surface area is 204 Å². The lowest BCUT2D eigenvalue weighted by Crippen LogP contribution is -2.46. The fourth-order valence-corrected chi connectivity index (χ4v) is 5.23. The van der Waals surface area contributed by atoms with Gasteiger partial charge in [0.2, 0.25) is 12.3 Å². The molecule has 2 saturated heterocycles. The Bertz CT molecular complexity index is 831. The van der Waals surface area contributed by atoms with Crippen LogP contribution in [0.5, 0.6) is 5.75 Å². The molecule has 1 N–H and O–H groups in total. The van der Waals surface area contributed by atoms with E-state index >= 15 is 0 Å². The number of benzene rings is 1. The predicted octanol–water partition coefficient (Wildman–Crippen LogP) is 4.67. The van der Waals surface area contributed by atoms with Crippen LogP contribution in [0.1, 0.15) is 71.3 Å². The minimum Gasteiger partial charge on any atom is -0.493 e. The number of likely N-dealkylation sites (tertiary alicyclic amines) is 2. The van der Waals surface area contributed by atoms with E-state index in [0.717, 1.165) is 76.9 Å². The second-order valence-corrected chi connectivity index (χ2v) is 11.1. The Morgan fingerprint density at radius 3 is 2.32 bits per heavy atom. The topological polar surface area (TPSA) is 62.2 Å². The second-order valence-electron chi connectivity index (χ2n) is 11.1. The highest BCUT2D eigenvalue weighted by Crippen LogP contribution is 2.33. The minimum atomic E-state index is -0.836. The van der Waals surface area contributed by atoms with Crippen LogP contribution in [0.25, 0.3) is 5.57 Å². The van der Waals surface area contributed by atoms with E-state index in [4.69, 9.17) is 9.47 Å². The molecule has 4 rings (SSSR count). The third kappa shape index (κ3) is 6.83. The zero-order valence-electron chi connectivity index (χ0n) is 21.2. The van der Waals surface area contributed by atoms with Crippen molar-refractivity contribution in [3.05, 3.63) is 35.9 Å². The molecule has 6 heteroatoms. The molecule has 2 aliphatic heterocycles. The van der Waals surface area contributed by atoms with Crippen LogP contribution in [0.2, 0.25) is 0 Å². The maximum atomic E-state index is 12.7. The number of ether oxygens (including phenoxy) is 2. The summed E-state index contributed by atoms with van der Waals surface area (Å²) in [5.74, 6) is 1.92. The highest BCUT2D eigenvalue weighted by molar-refractivity contribution is 5.81. The van der Waals surface area contributed by atoms with Crippen LogP contribution in [0.3, 0.4) is 0 Å². The molecule has 0 spiro atoms. The van der Waals surface area contributed by atoms with E-state index in [1.165, 1.54) is 11.1 Å². The Hall–Kier alpha value is -1.89. The predicted molar refractivity (Wildman–Crippen MR) is 134 cm³/mol. The third-order valence-corrected chi connectivity index (χ3v) is 7.31. The van der Waals surface area contributed by atoms with Crippen LogP contribution in [0.15, 0.2) is 30.3 Å². The number of amides is 1. The zero-order chi connectivity index (χ0) is 24.1. The van der Waals surface area contributed by atoms with Gasteiger partial charge in [-0.05, 0) is 94.9 Å². The van der Waals surface area contributed by atoms with E-state index in [9.17, 15) is 9.90 Å². The van der Waals surface area contributed by atoms with Gasteiger partial charge < -0.3 is 19.5 Å². The first-order chi connectivity index (χ1) is 16.3. The van der Waals surface area contributed by atoms with Gasteiger partial charge in [-0.25, -0.2) is 0 Å². The Kier molecular flexibility index (Phi) is 8.33. The van der Waals surface area contributed by atoms with E-state index in [1.54, 1.807) is 0 Å². The molecule has 6 nitrogen and oxygen atoms in total. The van der Waals surface area contributed by atoms with Gasteiger partial charge in [0.15, 0.2) is 0 Å². The van der Waals surface area contributed by atoms with Crippen molar-refractivity contribution in [3.8, 4) is 5.75 Å². The quantitative estimate of drug-likeness (QED) is 0.587. The fourth-order valence-electron chi connectivity index (χ4n) is 5.23. The van der Waals surface area contributed by atoms with Crippen LogP contribution in [0, 0.1) is 11.8 Å². The van der Waals surface area contributed by atoms with Crippen LogP contribution >= 0.6 is 0 Å². The lowest BCUT2D eigenvalue weighted by molar-refractivity contribution is -0.243. The summed E-state index contributed by atoms with van der Waals surface area (Å²) >= 11 is 0. The largest absolute Gasteiger partial charge is 0.493 e. The number of hydrogen-bond acceptors (Lipinski definition) is 5. The summed E-state index contributed by atoms with van der Waals surface area (Å²) in [6.45, 7) is 10.1. The standard InChI is InChI=1S/C28H42N2O4/c1-28(2,3)34-27(32)30-18-14-21(15-19-30)20-33-25-12-10-23(11-13-25)22-6-8-24(9-7-22)26(31)29-16-4-5-17-29/h6,10-13,21,24,27,32H,4-5,7-9,14-20H2,1-3H3/t24-,27?/m0/s1. The van der Waals surface area contributed by atoms with Gasteiger partial charge in [-0.3, -0.25) is 9.69 Å². The van der Waals surface area contributed by atoms with Gasteiger partial charge in [0.1, 0.15) is 5.75 Å². The zero-order valence-corrected chi connectivity index (χ0v) is 21.2. The SMILES string of the molecule is CC(C)(C)OC(O)N1CCC(COc2ccc(C3=CC[C@H](C(=O)N4CCCC4)CC3)cc2)CC1. The fraction of sp³-hybridized carbons (Fsp3) is 0.679. The van der Waals surface area contributed by atoms with E-state index in [1.807, 2.05) is 25.7 Å². The second kappa shape index (κ2) is 11.2. The Morgan fingerprint density at radius 2 is 1.74 bits per heavy atom. The molecular weight excluding hydrogens is 428 g/mol. The summed E-state index contributed by atoms with van der Waals surface area (Å²) in [5, 5.41) is 10.3. The number of aliphatic hydroxyl groups excluding tert-OH is 1. The average molecular weight is 471 g/mol. The first-order valence-electron chi connectivity index (χ1n) is 13.1. The third-order valence-electron chi connectivity index (χ3n) is 7.31. The van der Waals surface area contributed by atoms with E-state index in [2.05, 4.69) is 35.2 Å². The number of nitrogens with zero attached hydrogens (tertiary/aromatic N) is 2. The molecule has 0 aromatic heterocycles. The Morgan fingerprint density at radius 1 is 1.06 bits per heavy atom. The van der Waals surface area contributed by atoms with Crippen LogP contribution in [0.4, 0.5) is 0 Å². The van der Waals surface area contributed by atoms with Crippen molar-refractivity contribution < 1.29 is 19.4 Å². The molecule has 2 fully saturated rings. The van der Waals surface area contributed by atoms with Gasteiger partial charge in [0.25, 0.3) is 0 Å². The molecule has 0 radical (unpaired) electrons. The monoisotopic (exact) mass is 470 g/mol. The lowest BCUT2D eigenvalue weighted by atomic mass is 9.86. The summed E-state index contributed by atoms with van der Waals surface area (Å²) in [5.41, 5.74) is 2.23. The maximum Gasteiger partial charge on any atom is 0.226 e.